The van der Waals surface area contributed by atoms with Gasteiger partial charge in [0.05, 0.1) is 28.6 Å². The molecular formula is C23H28ClN3O4S3. The number of para-hydroxylation sites is 1. The van der Waals surface area contributed by atoms with Crippen molar-refractivity contribution >= 4 is 66.6 Å². The quantitative estimate of drug-likeness (QED) is 0.400. The number of nitrogens with zero attached hydrogens (tertiary/aromatic N) is 3. The Balaban J connectivity index is 0.00000324. The summed E-state index contributed by atoms with van der Waals surface area (Å²) in [5, 5.41) is 0.531. The van der Waals surface area contributed by atoms with E-state index in [1.807, 2.05) is 37.3 Å². The van der Waals surface area contributed by atoms with Crippen LogP contribution in [-0.2, 0) is 19.4 Å². The van der Waals surface area contributed by atoms with Crippen LogP contribution in [0.3, 0.4) is 0 Å². The number of hydrogen-bond donors (Lipinski definition) is 0. The number of morpholine rings is 1. The minimum absolute atomic E-state index is 0. The highest BCUT2D eigenvalue weighted by atomic mass is 35.5. The molecule has 0 bridgehead atoms. The first-order chi connectivity index (χ1) is 15.8. The smallest absolute Gasteiger partial charge is 0.239 e. The van der Waals surface area contributed by atoms with Crippen LogP contribution in [0, 0.1) is 6.92 Å². The molecular weight excluding hydrogens is 514 g/mol. The molecule has 34 heavy (non-hydrogen) atoms. The van der Waals surface area contributed by atoms with Gasteiger partial charge in [-0.25, -0.2) is 13.4 Å². The highest BCUT2D eigenvalue weighted by Gasteiger charge is 2.23. The van der Waals surface area contributed by atoms with Crippen molar-refractivity contribution in [3.8, 4) is 0 Å². The molecule has 0 aliphatic carbocycles. The van der Waals surface area contributed by atoms with E-state index in [0.29, 0.717) is 37.0 Å². The van der Waals surface area contributed by atoms with Crippen molar-refractivity contribution in [1.82, 2.24) is 9.88 Å². The second-order valence-electron chi connectivity index (χ2n) is 7.97. The SMILES string of the molecule is Cc1ccc(SCC(=O)N(CCN2CCOCC2)c2nc3c(S(C)(=O)=O)cccc3s2)cc1.Cl. The number of hydrogen-bond acceptors (Lipinski definition) is 8. The van der Waals surface area contributed by atoms with Crippen molar-refractivity contribution in [1.29, 1.82) is 0 Å². The molecule has 1 amide bonds. The largest absolute Gasteiger partial charge is 0.379 e. The Morgan fingerprint density at radius 3 is 2.56 bits per heavy atom. The molecule has 184 valence electrons. The summed E-state index contributed by atoms with van der Waals surface area (Å²) in [5.74, 6) is 0.231. The van der Waals surface area contributed by atoms with Gasteiger partial charge in [-0.2, -0.15) is 0 Å². The monoisotopic (exact) mass is 541 g/mol. The van der Waals surface area contributed by atoms with Crippen LogP contribution in [-0.4, -0.2) is 75.6 Å². The predicted molar refractivity (Wildman–Crippen MR) is 141 cm³/mol. The number of ether oxygens (including phenoxy) is 1. The zero-order valence-corrected chi connectivity index (χ0v) is 22.4. The lowest BCUT2D eigenvalue weighted by molar-refractivity contribution is -0.116. The van der Waals surface area contributed by atoms with Gasteiger partial charge in [0.1, 0.15) is 5.52 Å². The molecule has 4 rings (SSSR count). The van der Waals surface area contributed by atoms with Gasteiger partial charge in [0.2, 0.25) is 5.91 Å². The molecule has 1 fully saturated rings. The van der Waals surface area contributed by atoms with E-state index >= 15 is 0 Å². The standard InChI is InChI=1S/C23H27N3O4S3.ClH/c1-17-6-8-18(9-7-17)31-16-21(27)26(11-10-25-12-14-30-15-13-25)23-24-22-19(32-23)4-3-5-20(22)33(2,28)29;/h3-9H,10-16H2,1-2H3;1H. The molecule has 1 saturated heterocycles. The van der Waals surface area contributed by atoms with Crippen LogP contribution in [0.25, 0.3) is 10.2 Å². The molecule has 2 heterocycles. The number of halogens is 1. The molecule has 1 aliphatic rings. The number of anilines is 1. The second-order valence-corrected chi connectivity index (χ2v) is 12.0. The molecule has 0 radical (unpaired) electrons. The van der Waals surface area contributed by atoms with Crippen molar-refractivity contribution in [2.24, 2.45) is 0 Å². The van der Waals surface area contributed by atoms with Crippen LogP contribution in [0.2, 0.25) is 0 Å². The Kier molecular flexibility index (Phi) is 9.36. The predicted octanol–water partition coefficient (Wildman–Crippen LogP) is 3.89. The van der Waals surface area contributed by atoms with E-state index < -0.39 is 9.84 Å². The third kappa shape index (κ3) is 6.71. The number of carbonyl (C=O) groups excluding carboxylic acids is 1. The highest BCUT2D eigenvalue weighted by molar-refractivity contribution is 8.00. The number of sulfone groups is 1. The third-order valence-electron chi connectivity index (χ3n) is 5.43. The lowest BCUT2D eigenvalue weighted by Crippen LogP contribution is -2.43. The fourth-order valence-electron chi connectivity index (χ4n) is 3.58. The first-order valence-electron chi connectivity index (χ1n) is 10.7. The fourth-order valence-corrected chi connectivity index (χ4v) is 6.28. The molecule has 0 unspecified atom stereocenters. The number of carbonyl (C=O) groups is 1. The van der Waals surface area contributed by atoms with Crippen molar-refractivity contribution in [2.75, 3.05) is 56.3 Å². The van der Waals surface area contributed by atoms with Gasteiger partial charge in [-0.1, -0.05) is 35.1 Å². The van der Waals surface area contributed by atoms with Crippen LogP contribution >= 0.6 is 35.5 Å². The summed E-state index contributed by atoms with van der Waals surface area (Å²) in [4.78, 5) is 23.1. The van der Waals surface area contributed by atoms with E-state index in [1.54, 1.807) is 17.0 Å². The van der Waals surface area contributed by atoms with Gasteiger partial charge in [0.15, 0.2) is 15.0 Å². The van der Waals surface area contributed by atoms with Crippen LogP contribution in [0.1, 0.15) is 5.56 Å². The molecule has 0 atom stereocenters. The molecule has 0 saturated carbocycles. The number of amides is 1. The van der Waals surface area contributed by atoms with Crippen LogP contribution in [0.5, 0.6) is 0 Å². The normalized spacial score (nSPS) is 14.6. The van der Waals surface area contributed by atoms with Gasteiger partial charge in [-0.05, 0) is 31.2 Å². The van der Waals surface area contributed by atoms with Gasteiger partial charge in [-0.3, -0.25) is 14.6 Å². The van der Waals surface area contributed by atoms with E-state index in [9.17, 15) is 13.2 Å². The summed E-state index contributed by atoms with van der Waals surface area (Å²) in [7, 11) is -3.43. The Hall–Kier alpha value is -1.69. The van der Waals surface area contributed by atoms with E-state index in [0.717, 1.165) is 22.7 Å². The summed E-state index contributed by atoms with van der Waals surface area (Å²) < 4.78 is 30.7. The average Bonchev–Trinajstić information content (AvgIpc) is 3.22. The Morgan fingerprint density at radius 1 is 1.18 bits per heavy atom. The van der Waals surface area contributed by atoms with Crippen LogP contribution in [0.15, 0.2) is 52.3 Å². The Labute approximate surface area is 214 Å². The van der Waals surface area contributed by atoms with E-state index in [4.69, 9.17) is 4.74 Å². The van der Waals surface area contributed by atoms with E-state index in [1.165, 1.54) is 34.9 Å². The van der Waals surface area contributed by atoms with Gasteiger partial charge in [0.25, 0.3) is 0 Å². The van der Waals surface area contributed by atoms with Crippen molar-refractivity contribution < 1.29 is 17.9 Å². The number of fused-ring (bicyclic) bond motifs is 1. The summed E-state index contributed by atoms with van der Waals surface area (Å²) in [6.45, 7) is 6.27. The lowest BCUT2D eigenvalue weighted by Gasteiger charge is -2.29. The molecule has 3 aromatic rings. The maximum atomic E-state index is 13.3. The zero-order valence-electron chi connectivity index (χ0n) is 19.1. The van der Waals surface area contributed by atoms with Crippen molar-refractivity contribution in [3.63, 3.8) is 0 Å². The Bertz CT molecular complexity index is 1230. The zero-order chi connectivity index (χ0) is 23.4. The third-order valence-corrected chi connectivity index (χ3v) is 8.60. The summed E-state index contributed by atoms with van der Waals surface area (Å²) in [6, 6.07) is 13.2. The van der Waals surface area contributed by atoms with Crippen LogP contribution in [0.4, 0.5) is 5.13 Å². The molecule has 0 spiro atoms. The van der Waals surface area contributed by atoms with Gasteiger partial charge in [0, 0.05) is 37.3 Å². The van der Waals surface area contributed by atoms with Gasteiger partial charge in [-0.15, -0.1) is 24.2 Å². The minimum atomic E-state index is -3.43. The number of rotatable bonds is 8. The summed E-state index contributed by atoms with van der Waals surface area (Å²) in [5.41, 5.74) is 1.60. The highest BCUT2D eigenvalue weighted by Crippen LogP contribution is 2.33. The number of aryl methyl sites for hydroxylation is 1. The fraction of sp³-hybridized carbons (Fsp3) is 0.391. The van der Waals surface area contributed by atoms with Gasteiger partial charge >= 0.3 is 0 Å². The minimum Gasteiger partial charge on any atom is -0.379 e. The molecule has 7 nitrogen and oxygen atoms in total. The first-order valence-corrected chi connectivity index (χ1v) is 14.4. The molecule has 1 aromatic heterocycles. The molecule has 0 N–H and O–H groups in total. The molecule has 11 heteroatoms. The number of thioether (sulfide) groups is 1. The summed E-state index contributed by atoms with van der Waals surface area (Å²) in [6.07, 6.45) is 1.18. The molecule has 2 aromatic carbocycles. The lowest BCUT2D eigenvalue weighted by atomic mass is 10.2. The average molecular weight is 542 g/mol. The number of aromatic nitrogens is 1. The van der Waals surface area contributed by atoms with E-state index in [-0.39, 0.29) is 29.0 Å². The topological polar surface area (TPSA) is 79.8 Å². The Morgan fingerprint density at radius 2 is 1.88 bits per heavy atom. The van der Waals surface area contributed by atoms with Gasteiger partial charge < -0.3 is 4.74 Å². The van der Waals surface area contributed by atoms with Crippen molar-refractivity contribution in [3.05, 3.63) is 48.0 Å². The van der Waals surface area contributed by atoms with E-state index in [2.05, 4.69) is 9.88 Å². The number of benzene rings is 2. The maximum Gasteiger partial charge on any atom is 0.239 e. The van der Waals surface area contributed by atoms with Crippen molar-refractivity contribution in [2.45, 2.75) is 16.7 Å². The second kappa shape index (κ2) is 11.8. The maximum absolute atomic E-state index is 13.3. The molecule has 1 aliphatic heterocycles. The number of thiazole rings is 1. The first kappa shape index (κ1) is 26.9. The summed E-state index contributed by atoms with van der Waals surface area (Å²) >= 11 is 2.84. The van der Waals surface area contributed by atoms with Crippen LogP contribution < -0.4 is 4.90 Å².